The Bertz CT molecular complexity index is 359. The van der Waals surface area contributed by atoms with Crippen LogP contribution < -0.4 is 4.90 Å². The SMILES string of the molecule is CC(C)c1nnc(N2CCC(C(F)F)CC2)s1. The van der Waals surface area contributed by atoms with Crippen molar-refractivity contribution in [2.24, 2.45) is 5.92 Å². The third-order valence-electron chi connectivity index (χ3n) is 3.09. The molecule has 0 unspecified atom stereocenters. The molecule has 1 aliphatic rings. The van der Waals surface area contributed by atoms with Gasteiger partial charge in [-0.25, -0.2) is 8.78 Å². The minimum Gasteiger partial charge on any atom is -0.347 e. The van der Waals surface area contributed by atoms with Gasteiger partial charge in [0.15, 0.2) is 0 Å². The van der Waals surface area contributed by atoms with Crippen molar-refractivity contribution in [2.75, 3.05) is 18.0 Å². The van der Waals surface area contributed by atoms with Crippen molar-refractivity contribution in [1.82, 2.24) is 10.2 Å². The molecule has 0 amide bonds. The number of alkyl halides is 2. The summed E-state index contributed by atoms with van der Waals surface area (Å²) in [6.45, 7) is 5.49. The first-order valence-electron chi connectivity index (χ1n) is 5.94. The predicted octanol–water partition coefficient (Wildman–Crippen LogP) is 3.14. The number of rotatable bonds is 3. The van der Waals surface area contributed by atoms with Crippen molar-refractivity contribution in [3.63, 3.8) is 0 Å². The van der Waals surface area contributed by atoms with Gasteiger partial charge in [0.05, 0.1) is 0 Å². The largest absolute Gasteiger partial charge is 0.347 e. The predicted molar refractivity (Wildman–Crippen MR) is 64.9 cm³/mol. The Balaban J connectivity index is 1.96. The topological polar surface area (TPSA) is 29.0 Å². The molecule has 0 radical (unpaired) electrons. The van der Waals surface area contributed by atoms with Crippen LogP contribution in [0.2, 0.25) is 0 Å². The number of hydrogen-bond acceptors (Lipinski definition) is 4. The Kier molecular flexibility index (Phi) is 3.91. The highest BCUT2D eigenvalue weighted by Gasteiger charge is 2.27. The van der Waals surface area contributed by atoms with Crippen LogP contribution in [0.25, 0.3) is 0 Å². The van der Waals surface area contributed by atoms with E-state index < -0.39 is 12.3 Å². The molecule has 96 valence electrons. The van der Waals surface area contributed by atoms with E-state index in [1.54, 1.807) is 11.3 Å². The molecule has 1 aromatic heterocycles. The molecule has 0 N–H and O–H groups in total. The Morgan fingerprint density at radius 2 is 1.88 bits per heavy atom. The van der Waals surface area contributed by atoms with Gasteiger partial charge in [-0.15, -0.1) is 10.2 Å². The first-order chi connectivity index (χ1) is 8.08. The molecule has 0 saturated carbocycles. The summed E-state index contributed by atoms with van der Waals surface area (Å²) >= 11 is 1.57. The molecule has 17 heavy (non-hydrogen) atoms. The summed E-state index contributed by atoms with van der Waals surface area (Å²) in [5, 5.41) is 10.1. The summed E-state index contributed by atoms with van der Waals surface area (Å²) in [4.78, 5) is 2.07. The van der Waals surface area contributed by atoms with Crippen LogP contribution in [-0.2, 0) is 0 Å². The van der Waals surface area contributed by atoms with E-state index in [2.05, 4.69) is 28.9 Å². The van der Waals surface area contributed by atoms with Gasteiger partial charge in [-0.05, 0) is 12.8 Å². The summed E-state index contributed by atoms with van der Waals surface area (Å²) in [6, 6.07) is 0. The minimum absolute atomic E-state index is 0.375. The molecular weight excluding hydrogens is 244 g/mol. The van der Waals surface area contributed by atoms with Gasteiger partial charge in [-0.1, -0.05) is 25.2 Å². The Labute approximate surface area is 104 Å². The van der Waals surface area contributed by atoms with Gasteiger partial charge in [0.1, 0.15) is 5.01 Å². The van der Waals surface area contributed by atoms with Crippen LogP contribution in [0.5, 0.6) is 0 Å². The third-order valence-corrected chi connectivity index (χ3v) is 4.37. The van der Waals surface area contributed by atoms with Gasteiger partial charge >= 0.3 is 0 Å². The molecule has 0 atom stereocenters. The minimum atomic E-state index is -2.18. The number of halogens is 2. The van der Waals surface area contributed by atoms with E-state index >= 15 is 0 Å². The monoisotopic (exact) mass is 261 g/mol. The maximum atomic E-state index is 12.5. The molecule has 3 nitrogen and oxygen atoms in total. The van der Waals surface area contributed by atoms with Crippen LogP contribution in [0.15, 0.2) is 0 Å². The smallest absolute Gasteiger partial charge is 0.241 e. The highest BCUT2D eigenvalue weighted by molar-refractivity contribution is 7.15. The first-order valence-corrected chi connectivity index (χ1v) is 6.76. The van der Waals surface area contributed by atoms with Crippen molar-refractivity contribution in [2.45, 2.75) is 39.0 Å². The number of anilines is 1. The second-order valence-corrected chi connectivity index (χ2v) is 5.72. The lowest BCUT2D eigenvalue weighted by atomic mass is 9.98. The van der Waals surface area contributed by atoms with Crippen molar-refractivity contribution in [1.29, 1.82) is 0 Å². The second kappa shape index (κ2) is 5.25. The third kappa shape index (κ3) is 2.91. The average Bonchev–Trinajstić information content (AvgIpc) is 2.78. The quantitative estimate of drug-likeness (QED) is 0.837. The van der Waals surface area contributed by atoms with Gasteiger partial charge in [0, 0.05) is 24.9 Å². The number of aromatic nitrogens is 2. The fourth-order valence-corrected chi connectivity index (χ4v) is 2.83. The van der Waals surface area contributed by atoms with Crippen molar-refractivity contribution >= 4 is 16.5 Å². The van der Waals surface area contributed by atoms with E-state index in [-0.39, 0.29) is 0 Å². The van der Waals surface area contributed by atoms with Crippen LogP contribution in [0, 0.1) is 5.92 Å². The van der Waals surface area contributed by atoms with Gasteiger partial charge in [0.2, 0.25) is 11.6 Å². The van der Waals surface area contributed by atoms with Gasteiger partial charge in [-0.2, -0.15) is 0 Å². The van der Waals surface area contributed by atoms with E-state index in [4.69, 9.17) is 0 Å². The molecule has 1 saturated heterocycles. The highest BCUT2D eigenvalue weighted by Crippen LogP contribution is 2.30. The zero-order valence-corrected chi connectivity index (χ0v) is 10.9. The summed E-state index contributed by atoms with van der Waals surface area (Å²) in [5.74, 6) is -0.0661. The number of nitrogens with zero attached hydrogens (tertiary/aromatic N) is 3. The van der Waals surface area contributed by atoms with Gasteiger partial charge in [0.25, 0.3) is 0 Å². The molecule has 6 heteroatoms. The summed E-state index contributed by atoms with van der Waals surface area (Å²) in [6.07, 6.45) is -1.08. The Morgan fingerprint density at radius 3 is 2.35 bits per heavy atom. The maximum Gasteiger partial charge on any atom is 0.241 e. The standard InChI is InChI=1S/C11H17F2N3S/c1-7(2)10-14-15-11(17-10)16-5-3-8(4-6-16)9(12)13/h7-9H,3-6H2,1-2H3. The van der Waals surface area contributed by atoms with Crippen LogP contribution in [-0.4, -0.2) is 29.7 Å². The molecule has 2 rings (SSSR count). The van der Waals surface area contributed by atoms with Crippen molar-refractivity contribution in [3.05, 3.63) is 5.01 Å². The van der Waals surface area contributed by atoms with Crippen LogP contribution in [0.3, 0.4) is 0 Å². The zero-order valence-electron chi connectivity index (χ0n) is 10.1. The first kappa shape index (κ1) is 12.7. The highest BCUT2D eigenvalue weighted by atomic mass is 32.1. The number of piperidine rings is 1. The summed E-state index contributed by atoms with van der Waals surface area (Å²) < 4.78 is 25.0. The van der Waals surface area contributed by atoms with Crippen molar-refractivity contribution < 1.29 is 8.78 Å². The second-order valence-electron chi connectivity index (χ2n) is 4.74. The normalized spacial score (nSPS) is 18.4. The average molecular weight is 261 g/mol. The molecular formula is C11H17F2N3S. The van der Waals surface area contributed by atoms with Crippen LogP contribution in [0.4, 0.5) is 13.9 Å². The summed E-state index contributed by atoms with van der Waals surface area (Å²) in [5.41, 5.74) is 0. The molecule has 0 spiro atoms. The number of hydrogen-bond donors (Lipinski definition) is 0. The van der Waals surface area contributed by atoms with Crippen LogP contribution >= 0.6 is 11.3 Å². The molecule has 1 aliphatic heterocycles. The summed E-state index contributed by atoms with van der Waals surface area (Å²) in [7, 11) is 0. The Hall–Kier alpha value is -0.780. The lowest BCUT2D eigenvalue weighted by molar-refractivity contribution is 0.0636. The van der Waals surface area contributed by atoms with Gasteiger partial charge in [-0.3, -0.25) is 0 Å². The van der Waals surface area contributed by atoms with E-state index in [1.807, 2.05) is 0 Å². The molecule has 0 bridgehead atoms. The molecule has 0 aliphatic carbocycles. The molecule has 1 fully saturated rings. The zero-order chi connectivity index (χ0) is 12.4. The van der Waals surface area contributed by atoms with Crippen LogP contribution in [0.1, 0.15) is 37.6 Å². The fourth-order valence-electron chi connectivity index (χ4n) is 1.93. The molecule has 0 aromatic carbocycles. The lowest BCUT2D eigenvalue weighted by Crippen LogP contribution is -2.35. The van der Waals surface area contributed by atoms with E-state index in [0.717, 1.165) is 10.1 Å². The Morgan fingerprint density at radius 1 is 1.24 bits per heavy atom. The van der Waals surface area contributed by atoms with E-state index in [0.29, 0.717) is 31.8 Å². The fraction of sp³-hybridized carbons (Fsp3) is 0.818. The van der Waals surface area contributed by atoms with Crippen molar-refractivity contribution in [3.8, 4) is 0 Å². The molecule has 2 heterocycles. The molecule has 1 aromatic rings. The maximum absolute atomic E-state index is 12.5. The van der Waals surface area contributed by atoms with Gasteiger partial charge < -0.3 is 4.90 Å². The lowest BCUT2D eigenvalue weighted by Gasteiger charge is -2.30. The van der Waals surface area contributed by atoms with E-state index in [9.17, 15) is 8.78 Å². The van der Waals surface area contributed by atoms with E-state index in [1.165, 1.54) is 0 Å².